The number of piperidine rings is 1. The predicted molar refractivity (Wildman–Crippen MR) is 84.8 cm³/mol. The maximum Gasteiger partial charge on any atom is 0.211 e. The number of H-pyrrole nitrogens is 1. The van der Waals surface area contributed by atoms with Gasteiger partial charge in [-0.1, -0.05) is 0 Å². The Morgan fingerprint density at radius 2 is 2.23 bits per heavy atom. The lowest BCUT2D eigenvalue weighted by molar-refractivity contribution is 0.0952. The van der Waals surface area contributed by atoms with E-state index >= 15 is 0 Å². The second kappa shape index (κ2) is 6.38. The van der Waals surface area contributed by atoms with Crippen LogP contribution < -0.4 is 0 Å². The molecule has 7 nitrogen and oxygen atoms in total. The molecule has 0 radical (unpaired) electrons. The zero-order chi connectivity index (χ0) is 15.7. The third kappa shape index (κ3) is 3.42. The number of hydrogen-bond acceptors (Lipinski definition) is 5. The van der Waals surface area contributed by atoms with Crippen LogP contribution in [0.1, 0.15) is 37.4 Å². The maximum atomic E-state index is 11.8. The normalized spacial score (nSPS) is 27.3. The van der Waals surface area contributed by atoms with Crippen molar-refractivity contribution in [2.45, 2.75) is 44.2 Å². The molecule has 0 spiro atoms. The van der Waals surface area contributed by atoms with Crippen LogP contribution in [0.5, 0.6) is 0 Å². The number of sulfonamides is 1. The molecule has 3 rings (SSSR count). The lowest BCUT2D eigenvalue weighted by Crippen LogP contribution is -2.39. The molecular formula is C13H22N4O3S2. The molecule has 2 aliphatic rings. The van der Waals surface area contributed by atoms with Gasteiger partial charge >= 0.3 is 0 Å². The van der Waals surface area contributed by atoms with Gasteiger partial charge in [-0.2, -0.15) is 5.10 Å². The highest BCUT2D eigenvalue weighted by Gasteiger charge is 2.30. The Bertz CT molecular complexity index is 676. The number of hydrogen-bond donors (Lipinski definition) is 1. The van der Waals surface area contributed by atoms with E-state index in [2.05, 4.69) is 10.2 Å². The first kappa shape index (κ1) is 16.1. The van der Waals surface area contributed by atoms with Crippen molar-refractivity contribution in [1.29, 1.82) is 0 Å². The summed E-state index contributed by atoms with van der Waals surface area (Å²) in [6, 6.07) is 0. The summed E-state index contributed by atoms with van der Waals surface area (Å²) in [6.45, 7) is 2.56. The first-order valence-electron chi connectivity index (χ1n) is 7.67. The molecule has 0 bridgehead atoms. The van der Waals surface area contributed by atoms with Crippen molar-refractivity contribution in [3.8, 4) is 0 Å². The molecule has 2 saturated heterocycles. The minimum absolute atomic E-state index is 0.0813. The summed E-state index contributed by atoms with van der Waals surface area (Å²) in [4.78, 5) is 0. The fraction of sp³-hybridized carbons (Fsp3) is 0.846. The SMILES string of the molecule is CS(=O)(=O)N1CCC[C@H](c2n[nH]c(=S)n2C[C@H]2CCCO2)C1. The van der Waals surface area contributed by atoms with Crippen molar-refractivity contribution in [2.24, 2.45) is 0 Å². The largest absolute Gasteiger partial charge is 0.376 e. The quantitative estimate of drug-likeness (QED) is 0.830. The van der Waals surface area contributed by atoms with Crippen LogP contribution in [0.2, 0.25) is 0 Å². The van der Waals surface area contributed by atoms with Crippen LogP contribution in [-0.2, 0) is 21.3 Å². The molecule has 9 heteroatoms. The van der Waals surface area contributed by atoms with E-state index in [0.717, 1.165) is 38.1 Å². The van der Waals surface area contributed by atoms with E-state index in [-0.39, 0.29) is 12.0 Å². The van der Waals surface area contributed by atoms with Gasteiger partial charge in [-0.3, -0.25) is 5.10 Å². The topological polar surface area (TPSA) is 80.2 Å². The summed E-state index contributed by atoms with van der Waals surface area (Å²) in [5, 5.41) is 7.22. The Labute approximate surface area is 135 Å². The molecule has 0 aliphatic carbocycles. The maximum absolute atomic E-state index is 11.8. The molecule has 2 fully saturated rings. The Kier molecular flexibility index (Phi) is 4.67. The van der Waals surface area contributed by atoms with Gasteiger partial charge < -0.3 is 9.30 Å². The number of nitrogens with one attached hydrogen (secondary N) is 1. The summed E-state index contributed by atoms with van der Waals surface area (Å²) >= 11 is 5.34. The molecule has 0 amide bonds. The molecule has 3 heterocycles. The van der Waals surface area contributed by atoms with Crippen molar-refractivity contribution in [3.63, 3.8) is 0 Å². The third-order valence-corrected chi connectivity index (χ3v) is 6.00. The first-order chi connectivity index (χ1) is 10.4. The zero-order valence-corrected chi connectivity index (χ0v) is 14.3. The summed E-state index contributed by atoms with van der Waals surface area (Å²) in [5.74, 6) is 0.937. The second-order valence-corrected chi connectivity index (χ2v) is 8.46. The highest BCUT2D eigenvalue weighted by atomic mass is 32.2. The minimum Gasteiger partial charge on any atom is -0.376 e. The fourth-order valence-corrected chi connectivity index (χ4v) is 4.39. The molecule has 0 unspecified atom stereocenters. The third-order valence-electron chi connectivity index (χ3n) is 4.42. The highest BCUT2D eigenvalue weighted by Crippen LogP contribution is 2.27. The van der Waals surface area contributed by atoms with Crippen LogP contribution in [0.25, 0.3) is 0 Å². The van der Waals surface area contributed by atoms with Gasteiger partial charge in [0, 0.05) is 25.6 Å². The van der Waals surface area contributed by atoms with Crippen LogP contribution >= 0.6 is 12.2 Å². The van der Waals surface area contributed by atoms with E-state index in [1.807, 2.05) is 4.57 Å². The number of aromatic amines is 1. The Hall–Kier alpha value is -0.770. The van der Waals surface area contributed by atoms with Gasteiger partial charge in [0.05, 0.1) is 18.9 Å². The van der Waals surface area contributed by atoms with E-state index in [1.165, 1.54) is 10.6 Å². The van der Waals surface area contributed by atoms with Gasteiger partial charge in [0.25, 0.3) is 0 Å². The van der Waals surface area contributed by atoms with Crippen molar-refractivity contribution in [2.75, 3.05) is 26.0 Å². The Balaban J connectivity index is 1.80. The van der Waals surface area contributed by atoms with Gasteiger partial charge in [-0.15, -0.1) is 0 Å². The Morgan fingerprint density at radius 1 is 1.41 bits per heavy atom. The number of rotatable bonds is 4. The molecule has 22 heavy (non-hydrogen) atoms. The molecule has 124 valence electrons. The smallest absolute Gasteiger partial charge is 0.211 e. The van der Waals surface area contributed by atoms with E-state index in [9.17, 15) is 8.42 Å². The standard InChI is InChI=1S/C13H22N4O3S2/c1-22(18,19)16-6-2-4-10(8-16)12-14-15-13(21)17(12)9-11-5-3-7-20-11/h10-11H,2-9H2,1H3,(H,15,21)/t10-,11+/m0/s1. The molecule has 0 saturated carbocycles. The van der Waals surface area contributed by atoms with Crippen LogP contribution in [-0.4, -0.2) is 59.5 Å². The molecule has 1 aromatic heterocycles. The average Bonchev–Trinajstić information content (AvgIpc) is 3.10. The zero-order valence-electron chi connectivity index (χ0n) is 12.7. The molecule has 2 atom stereocenters. The van der Waals surface area contributed by atoms with Gasteiger partial charge in [-0.25, -0.2) is 12.7 Å². The molecule has 2 aliphatic heterocycles. The Morgan fingerprint density at radius 3 is 2.91 bits per heavy atom. The molecular weight excluding hydrogens is 324 g/mol. The van der Waals surface area contributed by atoms with Crippen molar-refractivity contribution >= 4 is 22.2 Å². The number of nitrogens with zero attached hydrogens (tertiary/aromatic N) is 3. The average molecular weight is 346 g/mol. The van der Waals surface area contributed by atoms with Gasteiger partial charge in [0.2, 0.25) is 10.0 Å². The molecule has 0 aromatic carbocycles. The van der Waals surface area contributed by atoms with Gasteiger partial charge in [-0.05, 0) is 37.9 Å². The van der Waals surface area contributed by atoms with Gasteiger partial charge in [0.1, 0.15) is 5.82 Å². The fourth-order valence-electron chi connectivity index (χ4n) is 3.26. The number of aromatic nitrogens is 3. The van der Waals surface area contributed by atoms with Crippen molar-refractivity contribution in [1.82, 2.24) is 19.1 Å². The minimum atomic E-state index is -3.16. The van der Waals surface area contributed by atoms with E-state index < -0.39 is 10.0 Å². The van der Waals surface area contributed by atoms with Crippen LogP contribution in [0.3, 0.4) is 0 Å². The lowest BCUT2D eigenvalue weighted by atomic mass is 9.98. The van der Waals surface area contributed by atoms with Crippen LogP contribution in [0, 0.1) is 4.77 Å². The van der Waals surface area contributed by atoms with E-state index in [0.29, 0.717) is 24.4 Å². The highest BCUT2D eigenvalue weighted by molar-refractivity contribution is 7.88. The summed E-state index contributed by atoms with van der Waals surface area (Å²) < 4.78 is 33.4. The van der Waals surface area contributed by atoms with E-state index in [1.54, 1.807) is 0 Å². The molecule has 1 aromatic rings. The number of ether oxygens (including phenoxy) is 1. The summed E-state index contributed by atoms with van der Waals surface area (Å²) in [5.41, 5.74) is 0. The van der Waals surface area contributed by atoms with Crippen molar-refractivity contribution in [3.05, 3.63) is 10.6 Å². The molecule has 1 N–H and O–H groups in total. The second-order valence-electron chi connectivity index (χ2n) is 6.09. The van der Waals surface area contributed by atoms with E-state index in [4.69, 9.17) is 17.0 Å². The van der Waals surface area contributed by atoms with Crippen molar-refractivity contribution < 1.29 is 13.2 Å². The summed E-state index contributed by atoms with van der Waals surface area (Å²) in [6.07, 6.45) is 5.33. The monoisotopic (exact) mass is 346 g/mol. The van der Waals surface area contributed by atoms with Crippen LogP contribution in [0.15, 0.2) is 0 Å². The first-order valence-corrected chi connectivity index (χ1v) is 9.92. The predicted octanol–water partition coefficient (Wildman–Crippen LogP) is 1.26. The lowest BCUT2D eigenvalue weighted by Gasteiger charge is -2.30. The van der Waals surface area contributed by atoms with Gasteiger partial charge in [0.15, 0.2) is 4.77 Å². The summed E-state index contributed by atoms with van der Waals surface area (Å²) in [7, 11) is -3.16. The van der Waals surface area contributed by atoms with Crippen LogP contribution in [0.4, 0.5) is 0 Å².